The van der Waals surface area contributed by atoms with Crippen molar-refractivity contribution in [2.24, 2.45) is 0 Å². The molecule has 624 valence electrons. The lowest BCUT2D eigenvalue weighted by molar-refractivity contribution is -0.386. The van der Waals surface area contributed by atoms with Crippen LogP contribution in [0.5, 0.6) is 0 Å². The Morgan fingerprint density at radius 3 is 1.25 bits per heavy atom. The van der Waals surface area contributed by atoms with Crippen molar-refractivity contribution in [3.63, 3.8) is 0 Å². The van der Waals surface area contributed by atoms with Crippen LogP contribution in [0.3, 0.4) is 0 Å². The number of hydrogen-bond acceptors (Lipinski definition) is 20. The molecule has 0 spiro atoms. The van der Waals surface area contributed by atoms with Gasteiger partial charge in [-0.15, -0.1) is 0 Å². The van der Waals surface area contributed by atoms with E-state index in [0.717, 1.165) is 51.9 Å². The number of aliphatic hydroxyl groups excluding tert-OH is 11. The van der Waals surface area contributed by atoms with E-state index in [-0.39, 0.29) is 12.3 Å². The standard InChI is InChI=1S/C83H156N2O21/c1-4-6-8-10-12-14-16-18-20-22-24-26-28-29-30-31-32-33-35-37-39-41-43-45-47-49-51-53-55-57-70(93)85-64(65(90)56-54-52-50-48-46-44-42-40-38-36-34-27-25-23-21-19-17-15-13-11-9-7-5-2)62-101-80-75(97)74(96)77(69(61-88)103-80)104-81-76(98)79(73(95)68(60-87)102-81)106-83(82(99)100)58-66(91)71(84-63(3)89)78(105-83)72(94)67(92)59-86/h54,56,64-69,71-81,86-88,90-92,94-98H,4-53,55,57-62H2,1-3H3,(H,84,89)(H,85,93)(H,99,100)/b56-54+. The summed E-state index contributed by atoms with van der Waals surface area (Å²) >= 11 is 0. The van der Waals surface area contributed by atoms with E-state index in [0.29, 0.717) is 12.8 Å². The van der Waals surface area contributed by atoms with Crippen LogP contribution in [-0.4, -0.2) is 215 Å². The SMILES string of the molecule is CCCCCCCCCCCCCCCCCCCCCCC/C=C/C(O)C(COC1OC(CO)C(OC2OC(CO)C(O)C(OC3(C(=O)O)CC(O)C(NC(C)=O)C(C(O)C(O)CO)O3)C2O)C(O)C1O)NC(=O)CCCCCCCCCCCCCCCCCCCCCCCCCCCCCCC. The number of unbranched alkanes of at least 4 members (excludes halogenated alkanes) is 49. The van der Waals surface area contributed by atoms with Crippen LogP contribution in [0.25, 0.3) is 0 Å². The van der Waals surface area contributed by atoms with Gasteiger partial charge in [-0.1, -0.05) is 334 Å². The van der Waals surface area contributed by atoms with Crippen LogP contribution in [0, 0.1) is 0 Å². The maximum absolute atomic E-state index is 13.6. The average Bonchev–Trinajstić information content (AvgIpc) is 0.754. The van der Waals surface area contributed by atoms with Crippen molar-refractivity contribution in [1.29, 1.82) is 0 Å². The van der Waals surface area contributed by atoms with Crippen LogP contribution < -0.4 is 10.6 Å². The lowest BCUT2D eigenvalue weighted by atomic mass is 9.88. The smallest absolute Gasteiger partial charge is 0.364 e. The fraction of sp³-hybridized carbons (Fsp3) is 0.940. The minimum Gasteiger partial charge on any atom is -0.477 e. The predicted octanol–water partition coefficient (Wildman–Crippen LogP) is 12.5. The van der Waals surface area contributed by atoms with Crippen molar-refractivity contribution in [2.75, 3.05) is 26.4 Å². The first-order valence-corrected chi connectivity index (χ1v) is 43.1. The lowest BCUT2D eigenvalue weighted by Gasteiger charge is -2.50. The molecule has 0 bridgehead atoms. The molecular formula is C83H156N2O21. The van der Waals surface area contributed by atoms with Crippen molar-refractivity contribution in [3.8, 4) is 0 Å². The van der Waals surface area contributed by atoms with Crippen molar-refractivity contribution in [2.45, 2.75) is 471 Å². The zero-order valence-corrected chi connectivity index (χ0v) is 66.3. The number of hydrogen-bond donors (Lipinski definition) is 14. The van der Waals surface area contributed by atoms with Crippen LogP contribution >= 0.6 is 0 Å². The summed E-state index contributed by atoms with van der Waals surface area (Å²) in [5, 5.41) is 137. The summed E-state index contributed by atoms with van der Waals surface area (Å²) in [6, 6.07) is -2.62. The number of ether oxygens (including phenoxy) is 6. The first-order valence-electron chi connectivity index (χ1n) is 43.1. The van der Waals surface area contributed by atoms with Gasteiger partial charge in [0.2, 0.25) is 11.8 Å². The normalized spacial score (nSPS) is 26.1. The van der Waals surface area contributed by atoms with E-state index in [1.54, 1.807) is 6.08 Å². The number of allylic oxidation sites excluding steroid dienone is 1. The third-order valence-corrected chi connectivity index (χ3v) is 22.0. The highest BCUT2D eigenvalue weighted by Crippen LogP contribution is 2.39. The van der Waals surface area contributed by atoms with Gasteiger partial charge in [-0.2, -0.15) is 0 Å². The minimum absolute atomic E-state index is 0.206. The van der Waals surface area contributed by atoms with E-state index in [1.807, 2.05) is 6.08 Å². The fourth-order valence-corrected chi connectivity index (χ4v) is 15.2. The summed E-state index contributed by atoms with van der Waals surface area (Å²) in [6.45, 7) is 2.21. The number of aliphatic hydroxyl groups is 11. The molecule has 18 unspecified atom stereocenters. The van der Waals surface area contributed by atoms with Crippen LogP contribution in [-0.2, 0) is 42.8 Å². The molecule has 0 aromatic rings. The summed E-state index contributed by atoms with van der Waals surface area (Å²) in [4.78, 5) is 38.7. The van der Waals surface area contributed by atoms with Gasteiger partial charge in [0.1, 0.15) is 67.1 Å². The summed E-state index contributed by atoms with van der Waals surface area (Å²) < 4.78 is 35.0. The van der Waals surface area contributed by atoms with Gasteiger partial charge in [0, 0.05) is 19.8 Å². The molecule has 23 heteroatoms. The number of rotatable bonds is 69. The van der Waals surface area contributed by atoms with Gasteiger partial charge in [-0.25, -0.2) is 4.79 Å². The van der Waals surface area contributed by atoms with Gasteiger partial charge in [-0.3, -0.25) is 9.59 Å². The van der Waals surface area contributed by atoms with Crippen LogP contribution in [0.1, 0.15) is 361 Å². The molecule has 3 fully saturated rings. The van der Waals surface area contributed by atoms with E-state index in [2.05, 4.69) is 24.5 Å². The predicted molar refractivity (Wildman–Crippen MR) is 412 cm³/mol. The van der Waals surface area contributed by atoms with Crippen molar-refractivity contribution < 1.29 is 104 Å². The Labute approximate surface area is 639 Å². The Morgan fingerprint density at radius 2 is 0.877 bits per heavy atom. The maximum Gasteiger partial charge on any atom is 0.364 e. The van der Waals surface area contributed by atoms with E-state index in [9.17, 15) is 75.7 Å². The molecule has 14 N–H and O–H groups in total. The Hall–Kier alpha value is -2.53. The lowest BCUT2D eigenvalue weighted by Crippen LogP contribution is -2.70. The van der Waals surface area contributed by atoms with E-state index in [4.69, 9.17) is 28.4 Å². The van der Waals surface area contributed by atoms with Gasteiger partial charge in [0.15, 0.2) is 12.6 Å². The van der Waals surface area contributed by atoms with E-state index in [1.165, 1.54) is 270 Å². The number of aliphatic carboxylic acids is 1. The molecule has 3 aliphatic heterocycles. The molecule has 0 radical (unpaired) electrons. The molecule has 3 aliphatic rings. The molecule has 3 saturated heterocycles. The average molecular weight is 1520 g/mol. The molecule has 3 heterocycles. The molecule has 0 aliphatic carbocycles. The zero-order chi connectivity index (χ0) is 77.4. The molecule has 0 saturated carbocycles. The van der Waals surface area contributed by atoms with E-state index < -0.39 is 155 Å². The third-order valence-electron chi connectivity index (χ3n) is 22.0. The van der Waals surface area contributed by atoms with Crippen molar-refractivity contribution >= 4 is 17.8 Å². The Kier molecular flexibility index (Phi) is 57.1. The molecule has 18 atom stereocenters. The first kappa shape index (κ1) is 97.7. The fourth-order valence-electron chi connectivity index (χ4n) is 15.2. The first-order chi connectivity index (χ1) is 51.4. The van der Waals surface area contributed by atoms with Crippen LogP contribution in [0.2, 0.25) is 0 Å². The molecule has 23 nitrogen and oxygen atoms in total. The quantitative estimate of drug-likeness (QED) is 0.0199. The summed E-state index contributed by atoms with van der Waals surface area (Å²) in [7, 11) is 0. The number of carbonyl (C=O) groups excluding carboxylic acids is 2. The van der Waals surface area contributed by atoms with Crippen LogP contribution in [0.4, 0.5) is 0 Å². The van der Waals surface area contributed by atoms with Gasteiger partial charge >= 0.3 is 5.97 Å². The molecular weight excluding hydrogens is 1360 g/mol. The Bertz CT molecular complexity index is 2150. The second-order valence-corrected chi connectivity index (χ2v) is 31.4. The largest absolute Gasteiger partial charge is 0.477 e. The van der Waals surface area contributed by atoms with Gasteiger partial charge < -0.3 is 100 Å². The number of carbonyl (C=O) groups is 3. The second kappa shape index (κ2) is 62.0. The number of nitrogens with one attached hydrogen (secondary N) is 2. The summed E-state index contributed by atoms with van der Waals surface area (Å²) in [5.74, 6) is -6.13. The van der Waals surface area contributed by atoms with Crippen molar-refractivity contribution in [3.05, 3.63) is 12.2 Å². The van der Waals surface area contributed by atoms with Gasteiger partial charge in [0.05, 0.1) is 50.7 Å². The van der Waals surface area contributed by atoms with Crippen LogP contribution in [0.15, 0.2) is 12.2 Å². The maximum atomic E-state index is 13.6. The van der Waals surface area contributed by atoms with Gasteiger partial charge in [-0.05, 0) is 19.3 Å². The zero-order valence-electron chi connectivity index (χ0n) is 66.3. The molecule has 0 aromatic heterocycles. The highest BCUT2D eigenvalue weighted by atomic mass is 16.8. The summed E-state index contributed by atoms with van der Waals surface area (Å²) in [6.07, 6.45) is 39.7. The minimum atomic E-state index is -3.08. The number of carboxylic acid groups (broad SMARTS) is 1. The second-order valence-electron chi connectivity index (χ2n) is 31.4. The van der Waals surface area contributed by atoms with Crippen molar-refractivity contribution in [1.82, 2.24) is 10.6 Å². The number of carboxylic acids is 1. The number of amides is 2. The molecule has 106 heavy (non-hydrogen) atoms. The van der Waals surface area contributed by atoms with Gasteiger partial charge in [0.25, 0.3) is 5.79 Å². The molecule has 0 aromatic carbocycles. The van der Waals surface area contributed by atoms with E-state index >= 15 is 0 Å². The summed E-state index contributed by atoms with van der Waals surface area (Å²) in [5.41, 5.74) is 0. The third kappa shape index (κ3) is 41.3. The highest BCUT2D eigenvalue weighted by molar-refractivity contribution is 5.77. The highest BCUT2D eigenvalue weighted by Gasteiger charge is 2.60. The Morgan fingerprint density at radius 1 is 0.491 bits per heavy atom. The Balaban J connectivity index is 1.48. The monoisotopic (exact) mass is 1520 g/mol. The topological polar surface area (TPSA) is 373 Å². The molecule has 3 rings (SSSR count). The molecule has 2 amide bonds.